The molecule has 104 valence electrons. The third kappa shape index (κ3) is 2.46. The first-order chi connectivity index (χ1) is 8.66. The van der Waals surface area contributed by atoms with Crippen LogP contribution in [0, 0.1) is 23.7 Å². The lowest BCUT2D eigenvalue weighted by Crippen LogP contribution is -2.28. The Balaban J connectivity index is 2.00. The average Bonchev–Trinajstić information content (AvgIpc) is 2.65. The highest BCUT2D eigenvalue weighted by atomic mass is 35.5. The minimum absolute atomic E-state index is 0.109. The second-order valence-corrected chi connectivity index (χ2v) is 6.71. The molecule has 1 N–H and O–H groups in total. The number of carbonyl (C=O) groups is 1. The summed E-state index contributed by atoms with van der Waals surface area (Å²) < 4.78 is 0. The Bertz CT molecular complexity index is 491. The molecule has 1 heterocycles. The van der Waals surface area contributed by atoms with E-state index in [9.17, 15) is 4.79 Å². The van der Waals surface area contributed by atoms with Gasteiger partial charge in [0.2, 0.25) is 5.28 Å². The lowest BCUT2D eigenvalue weighted by Gasteiger charge is -2.06. The van der Waals surface area contributed by atoms with E-state index in [4.69, 9.17) is 11.6 Å². The number of rotatable bonds is 3. The summed E-state index contributed by atoms with van der Waals surface area (Å²) in [6, 6.07) is 1.64. The van der Waals surface area contributed by atoms with Crippen LogP contribution in [0.3, 0.4) is 0 Å². The van der Waals surface area contributed by atoms with Gasteiger partial charge in [0, 0.05) is 12.2 Å². The van der Waals surface area contributed by atoms with Gasteiger partial charge in [0.15, 0.2) is 0 Å². The van der Waals surface area contributed by atoms with E-state index >= 15 is 0 Å². The second kappa shape index (κ2) is 4.44. The van der Waals surface area contributed by atoms with Crippen molar-refractivity contribution in [2.45, 2.75) is 34.6 Å². The van der Waals surface area contributed by atoms with E-state index in [1.165, 1.54) is 0 Å². The molecule has 0 unspecified atom stereocenters. The zero-order chi connectivity index (χ0) is 14.4. The van der Waals surface area contributed by atoms with Crippen LogP contribution in [0.4, 0.5) is 0 Å². The number of aromatic nitrogens is 2. The maximum atomic E-state index is 12.0. The van der Waals surface area contributed by atoms with Gasteiger partial charge in [-0.1, -0.05) is 27.7 Å². The molecule has 0 radical (unpaired) electrons. The van der Waals surface area contributed by atoms with Crippen LogP contribution in [0.2, 0.25) is 5.28 Å². The largest absolute Gasteiger partial charge is 0.350 e. The summed E-state index contributed by atoms with van der Waals surface area (Å²) in [4.78, 5) is 19.9. The molecule has 1 saturated carbocycles. The van der Waals surface area contributed by atoms with Gasteiger partial charge >= 0.3 is 0 Å². The quantitative estimate of drug-likeness (QED) is 0.867. The van der Waals surface area contributed by atoms with E-state index < -0.39 is 0 Å². The van der Waals surface area contributed by atoms with Crippen molar-refractivity contribution >= 4 is 17.5 Å². The van der Waals surface area contributed by atoms with Gasteiger partial charge in [0.25, 0.3) is 5.91 Å². The van der Waals surface area contributed by atoms with E-state index in [0.29, 0.717) is 23.9 Å². The molecule has 0 saturated heterocycles. The number of hydrogen-bond acceptors (Lipinski definition) is 3. The standard InChI is InChI=1S/C14H20ClN3O/c1-8-6-9(18-12(15)17-8)11(19)16-7-10-13(2,3)14(10,4)5/h6,10H,7H2,1-5H3,(H,16,19). The molecule has 5 heteroatoms. The Labute approximate surface area is 119 Å². The molecule has 4 nitrogen and oxygen atoms in total. The van der Waals surface area contributed by atoms with Crippen LogP contribution < -0.4 is 5.32 Å². The topological polar surface area (TPSA) is 54.9 Å². The Morgan fingerprint density at radius 1 is 1.32 bits per heavy atom. The van der Waals surface area contributed by atoms with Crippen LogP contribution >= 0.6 is 11.6 Å². The van der Waals surface area contributed by atoms with Crippen molar-refractivity contribution in [3.05, 3.63) is 22.7 Å². The molecule has 0 spiro atoms. The molecule has 0 atom stereocenters. The molecule has 2 rings (SSSR count). The Hall–Kier alpha value is -1.16. The molecule has 1 aliphatic carbocycles. The number of carbonyl (C=O) groups excluding carboxylic acids is 1. The molecule has 1 fully saturated rings. The summed E-state index contributed by atoms with van der Waals surface area (Å²) in [5.74, 6) is 0.299. The zero-order valence-electron chi connectivity index (χ0n) is 12.0. The molecule has 0 aliphatic heterocycles. The summed E-state index contributed by atoms with van der Waals surface area (Å²) in [7, 11) is 0. The van der Waals surface area contributed by atoms with E-state index in [1.54, 1.807) is 13.0 Å². The SMILES string of the molecule is Cc1cc(C(=O)NCC2C(C)(C)C2(C)C)nc(Cl)n1. The van der Waals surface area contributed by atoms with Gasteiger partial charge in [-0.25, -0.2) is 9.97 Å². The molecule has 1 aromatic heterocycles. The molecule has 0 bridgehead atoms. The van der Waals surface area contributed by atoms with E-state index in [2.05, 4.69) is 43.0 Å². The highest BCUT2D eigenvalue weighted by Crippen LogP contribution is 2.67. The van der Waals surface area contributed by atoms with Gasteiger partial charge in [0.1, 0.15) is 5.69 Å². The molecular formula is C14H20ClN3O. The number of aryl methyl sites for hydroxylation is 1. The van der Waals surface area contributed by atoms with Crippen molar-refractivity contribution in [2.75, 3.05) is 6.54 Å². The van der Waals surface area contributed by atoms with Crippen molar-refractivity contribution < 1.29 is 4.79 Å². The van der Waals surface area contributed by atoms with E-state index in [0.717, 1.165) is 0 Å². The Kier molecular flexibility index (Phi) is 3.33. The van der Waals surface area contributed by atoms with Gasteiger partial charge in [0.05, 0.1) is 0 Å². The lowest BCUT2D eigenvalue weighted by molar-refractivity contribution is 0.0944. The van der Waals surface area contributed by atoms with Gasteiger partial charge in [-0.3, -0.25) is 4.79 Å². The fraction of sp³-hybridized carbons (Fsp3) is 0.643. The number of hydrogen-bond donors (Lipinski definition) is 1. The lowest BCUT2D eigenvalue weighted by atomic mass is 10.0. The maximum absolute atomic E-state index is 12.0. The van der Waals surface area contributed by atoms with Crippen LogP contribution in [0.25, 0.3) is 0 Å². The van der Waals surface area contributed by atoms with Crippen LogP contribution in [0.1, 0.15) is 43.9 Å². The molecular weight excluding hydrogens is 262 g/mol. The second-order valence-electron chi connectivity index (χ2n) is 6.37. The van der Waals surface area contributed by atoms with Gasteiger partial charge in [-0.15, -0.1) is 0 Å². The minimum atomic E-state index is -0.189. The van der Waals surface area contributed by atoms with Crippen molar-refractivity contribution in [2.24, 2.45) is 16.7 Å². The first-order valence-electron chi connectivity index (χ1n) is 6.45. The summed E-state index contributed by atoms with van der Waals surface area (Å²) in [6.07, 6.45) is 0. The smallest absolute Gasteiger partial charge is 0.270 e. The number of nitrogens with zero attached hydrogens (tertiary/aromatic N) is 2. The molecule has 1 amide bonds. The van der Waals surface area contributed by atoms with Gasteiger partial charge < -0.3 is 5.32 Å². The summed E-state index contributed by atoms with van der Waals surface area (Å²) in [5.41, 5.74) is 1.55. The Morgan fingerprint density at radius 3 is 2.37 bits per heavy atom. The highest BCUT2D eigenvalue weighted by Gasteiger charge is 2.64. The van der Waals surface area contributed by atoms with Crippen molar-refractivity contribution in [1.82, 2.24) is 15.3 Å². The third-order valence-corrected chi connectivity index (χ3v) is 5.01. The summed E-state index contributed by atoms with van der Waals surface area (Å²) >= 11 is 5.76. The molecule has 1 aliphatic rings. The molecule has 0 aromatic carbocycles. The van der Waals surface area contributed by atoms with Crippen LogP contribution in [-0.2, 0) is 0 Å². The van der Waals surface area contributed by atoms with Crippen molar-refractivity contribution in [1.29, 1.82) is 0 Å². The minimum Gasteiger partial charge on any atom is -0.350 e. The first kappa shape index (κ1) is 14.3. The predicted octanol–water partition coefficient (Wildman–Crippen LogP) is 2.85. The van der Waals surface area contributed by atoms with Crippen LogP contribution in [-0.4, -0.2) is 22.4 Å². The summed E-state index contributed by atoms with van der Waals surface area (Å²) in [6.45, 7) is 11.4. The number of halogens is 1. The van der Waals surface area contributed by atoms with Crippen LogP contribution in [0.15, 0.2) is 6.07 Å². The monoisotopic (exact) mass is 281 g/mol. The molecule has 1 aromatic rings. The third-order valence-electron chi connectivity index (χ3n) is 4.85. The first-order valence-corrected chi connectivity index (χ1v) is 6.83. The van der Waals surface area contributed by atoms with Crippen molar-refractivity contribution in [3.8, 4) is 0 Å². The average molecular weight is 282 g/mol. The normalized spacial score (nSPS) is 20.1. The van der Waals surface area contributed by atoms with Crippen LogP contribution in [0.5, 0.6) is 0 Å². The van der Waals surface area contributed by atoms with Gasteiger partial charge in [-0.05, 0) is 41.3 Å². The Morgan fingerprint density at radius 2 is 1.89 bits per heavy atom. The number of amides is 1. The fourth-order valence-electron chi connectivity index (χ4n) is 2.78. The fourth-order valence-corrected chi connectivity index (χ4v) is 3.00. The van der Waals surface area contributed by atoms with Crippen molar-refractivity contribution in [3.63, 3.8) is 0 Å². The number of nitrogens with one attached hydrogen (secondary N) is 1. The molecule has 19 heavy (non-hydrogen) atoms. The highest BCUT2D eigenvalue weighted by molar-refractivity contribution is 6.28. The van der Waals surface area contributed by atoms with E-state index in [1.807, 2.05) is 0 Å². The summed E-state index contributed by atoms with van der Waals surface area (Å²) in [5, 5.41) is 3.05. The van der Waals surface area contributed by atoms with Gasteiger partial charge in [-0.2, -0.15) is 0 Å². The predicted molar refractivity (Wildman–Crippen MR) is 75.2 cm³/mol. The van der Waals surface area contributed by atoms with E-state index in [-0.39, 0.29) is 22.0 Å². The zero-order valence-corrected chi connectivity index (χ0v) is 12.8. The maximum Gasteiger partial charge on any atom is 0.270 e.